The van der Waals surface area contributed by atoms with Crippen molar-refractivity contribution >= 4 is 11.7 Å². The number of benzene rings is 1. The molecule has 0 saturated heterocycles. The third kappa shape index (κ3) is 4.42. The highest BCUT2D eigenvalue weighted by atomic mass is 16.6. The van der Waals surface area contributed by atoms with Gasteiger partial charge in [0.2, 0.25) is 0 Å². The minimum Gasteiger partial charge on any atom is -0.482 e. The molecule has 5 nitrogen and oxygen atoms in total. The van der Waals surface area contributed by atoms with Crippen LogP contribution in [-0.2, 0) is 14.3 Å². The number of carbonyl (C=O) groups is 1. The fourth-order valence-electron chi connectivity index (χ4n) is 2.04. The molecule has 1 saturated carbocycles. The smallest absolute Gasteiger partial charge is 0.343 e. The van der Waals surface area contributed by atoms with Crippen LogP contribution in [0.2, 0.25) is 0 Å². The molecule has 20 heavy (non-hydrogen) atoms. The Morgan fingerprint density at radius 3 is 2.55 bits per heavy atom. The Hall–Kier alpha value is -1.75. The zero-order chi connectivity index (χ0) is 14.4. The highest BCUT2D eigenvalue weighted by molar-refractivity contribution is 5.70. The molecule has 1 fully saturated rings. The summed E-state index contributed by atoms with van der Waals surface area (Å²) in [4.78, 5) is 11.0. The van der Waals surface area contributed by atoms with Crippen molar-refractivity contribution in [1.82, 2.24) is 0 Å². The van der Waals surface area contributed by atoms with Crippen LogP contribution in [0.3, 0.4) is 0 Å². The van der Waals surface area contributed by atoms with Crippen molar-refractivity contribution in [2.75, 3.05) is 32.8 Å². The molecular formula is C15H21NO4. The second kappa shape index (κ2) is 7.14. The summed E-state index contributed by atoms with van der Waals surface area (Å²) in [6.45, 7) is 0.642. The summed E-state index contributed by atoms with van der Waals surface area (Å²) in [6.07, 6.45) is 2.53. The molecule has 1 N–H and O–H groups in total. The van der Waals surface area contributed by atoms with Crippen LogP contribution in [0, 0.1) is 5.92 Å². The van der Waals surface area contributed by atoms with Crippen molar-refractivity contribution in [3.8, 4) is 5.75 Å². The maximum absolute atomic E-state index is 11.0. The Balaban J connectivity index is 1.85. The fourth-order valence-corrected chi connectivity index (χ4v) is 2.04. The Morgan fingerprint density at radius 1 is 1.30 bits per heavy atom. The van der Waals surface area contributed by atoms with Gasteiger partial charge in [0.15, 0.2) is 6.61 Å². The number of methoxy groups -OCH3 is 2. The molecule has 110 valence electrons. The summed E-state index contributed by atoms with van der Waals surface area (Å²) in [5, 5.41) is 3.47. The molecule has 1 aromatic rings. The van der Waals surface area contributed by atoms with Gasteiger partial charge in [0.05, 0.1) is 19.8 Å². The Labute approximate surface area is 119 Å². The number of anilines is 1. The standard InChI is InChI=1S/C15H21NO4/c1-18-9-14(11-3-4-11)16-12-5-7-13(8-6-12)20-10-15(17)19-2/h5-8,11,14,16H,3-4,9-10H2,1-2H3. The van der Waals surface area contributed by atoms with Gasteiger partial charge in [-0.1, -0.05) is 0 Å². The summed E-state index contributed by atoms with van der Waals surface area (Å²) < 4.78 is 15.1. The number of hydrogen-bond donors (Lipinski definition) is 1. The molecule has 1 aliphatic rings. The Bertz CT molecular complexity index is 428. The third-order valence-corrected chi connectivity index (χ3v) is 3.33. The summed E-state index contributed by atoms with van der Waals surface area (Å²) in [6, 6.07) is 7.92. The molecule has 1 aromatic carbocycles. The summed E-state index contributed by atoms with van der Waals surface area (Å²) in [7, 11) is 3.06. The normalized spacial score (nSPS) is 15.5. The molecule has 0 amide bonds. The predicted molar refractivity (Wildman–Crippen MR) is 76.0 cm³/mol. The van der Waals surface area contributed by atoms with E-state index in [1.165, 1.54) is 20.0 Å². The van der Waals surface area contributed by atoms with Crippen LogP contribution in [-0.4, -0.2) is 39.4 Å². The predicted octanol–water partition coefficient (Wildman–Crippen LogP) is 2.08. The van der Waals surface area contributed by atoms with Crippen LogP contribution in [0.15, 0.2) is 24.3 Å². The van der Waals surface area contributed by atoms with Gasteiger partial charge in [0, 0.05) is 12.8 Å². The van der Waals surface area contributed by atoms with Crippen LogP contribution in [0.1, 0.15) is 12.8 Å². The second-order valence-electron chi connectivity index (χ2n) is 4.93. The van der Waals surface area contributed by atoms with E-state index in [2.05, 4.69) is 10.1 Å². The van der Waals surface area contributed by atoms with Gasteiger partial charge >= 0.3 is 5.97 Å². The minimum absolute atomic E-state index is 0.0718. The summed E-state index contributed by atoms with van der Waals surface area (Å²) in [5.41, 5.74) is 1.03. The number of carbonyl (C=O) groups excluding carboxylic acids is 1. The van der Waals surface area contributed by atoms with E-state index in [0.29, 0.717) is 24.3 Å². The van der Waals surface area contributed by atoms with Gasteiger partial charge in [-0.3, -0.25) is 0 Å². The summed E-state index contributed by atoms with van der Waals surface area (Å²) >= 11 is 0. The highest BCUT2D eigenvalue weighted by Gasteiger charge is 2.30. The first kappa shape index (κ1) is 14.7. The van der Waals surface area contributed by atoms with E-state index < -0.39 is 0 Å². The molecule has 1 atom stereocenters. The van der Waals surface area contributed by atoms with Crippen LogP contribution in [0.25, 0.3) is 0 Å². The SMILES string of the molecule is COCC(Nc1ccc(OCC(=O)OC)cc1)C1CC1. The number of hydrogen-bond acceptors (Lipinski definition) is 5. The van der Waals surface area contributed by atoms with E-state index in [1.807, 2.05) is 24.3 Å². The molecular weight excluding hydrogens is 258 g/mol. The number of rotatable bonds is 8. The Morgan fingerprint density at radius 2 is 2.00 bits per heavy atom. The van der Waals surface area contributed by atoms with Crippen LogP contribution in [0.5, 0.6) is 5.75 Å². The average Bonchev–Trinajstić information content (AvgIpc) is 3.30. The van der Waals surface area contributed by atoms with Gasteiger partial charge in [-0.05, 0) is 43.0 Å². The Kier molecular flexibility index (Phi) is 5.24. The number of esters is 1. The lowest BCUT2D eigenvalue weighted by atomic mass is 10.2. The number of ether oxygens (including phenoxy) is 3. The van der Waals surface area contributed by atoms with E-state index in [0.717, 1.165) is 5.69 Å². The largest absolute Gasteiger partial charge is 0.482 e. The lowest BCUT2D eigenvalue weighted by Crippen LogP contribution is -2.27. The molecule has 0 spiro atoms. The molecule has 2 rings (SSSR count). The van der Waals surface area contributed by atoms with E-state index >= 15 is 0 Å². The lowest BCUT2D eigenvalue weighted by Gasteiger charge is -2.18. The fraction of sp³-hybridized carbons (Fsp3) is 0.533. The molecule has 0 aliphatic heterocycles. The van der Waals surface area contributed by atoms with Gasteiger partial charge in [0.1, 0.15) is 5.75 Å². The zero-order valence-corrected chi connectivity index (χ0v) is 11.9. The average molecular weight is 279 g/mol. The van der Waals surface area contributed by atoms with Crippen molar-refractivity contribution in [3.05, 3.63) is 24.3 Å². The topological polar surface area (TPSA) is 56.8 Å². The van der Waals surface area contributed by atoms with Gasteiger partial charge in [-0.15, -0.1) is 0 Å². The van der Waals surface area contributed by atoms with E-state index in [9.17, 15) is 4.79 Å². The van der Waals surface area contributed by atoms with Crippen molar-refractivity contribution in [1.29, 1.82) is 0 Å². The van der Waals surface area contributed by atoms with Gasteiger partial charge in [-0.2, -0.15) is 0 Å². The molecule has 0 aromatic heterocycles. The number of nitrogens with one attached hydrogen (secondary N) is 1. The van der Waals surface area contributed by atoms with Crippen molar-refractivity contribution in [2.45, 2.75) is 18.9 Å². The highest BCUT2D eigenvalue weighted by Crippen LogP contribution is 2.34. The first-order chi connectivity index (χ1) is 9.72. The van der Waals surface area contributed by atoms with Crippen LogP contribution in [0.4, 0.5) is 5.69 Å². The van der Waals surface area contributed by atoms with Crippen molar-refractivity contribution in [2.24, 2.45) is 5.92 Å². The van der Waals surface area contributed by atoms with Gasteiger partial charge < -0.3 is 19.5 Å². The van der Waals surface area contributed by atoms with Crippen LogP contribution >= 0.6 is 0 Å². The second-order valence-corrected chi connectivity index (χ2v) is 4.93. The van der Waals surface area contributed by atoms with E-state index in [4.69, 9.17) is 9.47 Å². The van der Waals surface area contributed by atoms with Crippen LogP contribution < -0.4 is 10.1 Å². The maximum atomic E-state index is 11.0. The third-order valence-electron chi connectivity index (χ3n) is 3.33. The minimum atomic E-state index is -0.388. The first-order valence-electron chi connectivity index (χ1n) is 6.78. The lowest BCUT2D eigenvalue weighted by molar-refractivity contribution is -0.142. The maximum Gasteiger partial charge on any atom is 0.343 e. The van der Waals surface area contributed by atoms with E-state index in [1.54, 1.807) is 7.11 Å². The zero-order valence-electron chi connectivity index (χ0n) is 11.9. The summed E-state index contributed by atoms with van der Waals surface area (Å²) in [5.74, 6) is 0.974. The molecule has 0 heterocycles. The molecule has 0 radical (unpaired) electrons. The van der Waals surface area contributed by atoms with E-state index in [-0.39, 0.29) is 12.6 Å². The van der Waals surface area contributed by atoms with Crippen molar-refractivity contribution in [3.63, 3.8) is 0 Å². The molecule has 1 aliphatic carbocycles. The quantitative estimate of drug-likeness (QED) is 0.738. The molecule has 0 bridgehead atoms. The molecule has 1 unspecified atom stereocenters. The van der Waals surface area contributed by atoms with Gasteiger partial charge in [0.25, 0.3) is 0 Å². The molecule has 5 heteroatoms. The first-order valence-corrected chi connectivity index (χ1v) is 6.78. The monoisotopic (exact) mass is 279 g/mol. The van der Waals surface area contributed by atoms with Gasteiger partial charge in [-0.25, -0.2) is 4.79 Å². The van der Waals surface area contributed by atoms with Crippen molar-refractivity contribution < 1.29 is 19.0 Å².